The molecule has 15 heavy (non-hydrogen) atoms. The van der Waals surface area contributed by atoms with Gasteiger partial charge in [0.25, 0.3) is 0 Å². The molecule has 1 heteroatoms. The lowest BCUT2D eigenvalue weighted by atomic mass is 9.83. The van der Waals surface area contributed by atoms with Gasteiger partial charge >= 0.3 is 0 Å². The average molecular weight is 200 g/mol. The van der Waals surface area contributed by atoms with Crippen LogP contribution in [0.5, 0.6) is 0 Å². The van der Waals surface area contributed by atoms with Crippen LogP contribution in [0.4, 0.5) is 0 Å². The summed E-state index contributed by atoms with van der Waals surface area (Å²) in [5.41, 5.74) is 1.41. The van der Waals surface area contributed by atoms with E-state index in [9.17, 15) is 0 Å². The second-order valence-electron chi connectivity index (χ2n) is 4.52. The molecule has 0 saturated heterocycles. The fraction of sp³-hybridized carbons (Fsp3) is 0.286. The van der Waals surface area contributed by atoms with E-state index in [4.69, 9.17) is 4.42 Å². The van der Waals surface area contributed by atoms with E-state index in [0.717, 1.165) is 12.2 Å². The number of hydrogen-bond acceptors (Lipinski definition) is 1. The SMILES string of the molecule is CC(C)(Cc1ccccc1)c1ccco1. The van der Waals surface area contributed by atoms with E-state index >= 15 is 0 Å². The first-order chi connectivity index (χ1) is 7.18. The molecule has 1 heterocycles. The van der Waals surface area contributed by atoms with Crippen LogP contribution in [0.3, 0.4) is 0 Å². The predicted molar refractivity (Wildman–Crippen MR) is 61.9 cm³/mol. The molecule has 0 unspecified atom stereocenters. The Morgan fingerprint density at radius 1 is 1.00 bits per heavy atom. The predicted octanol–water partition coefficient (Wildman–Crippen LogP) is 3.80. The van der Waals surface area contributed by atoms with Crippen LogP contribution in [-0.2, 0) is 11.8 Å². The summed E-state index contributed by atoms with van der Waals surface area (Å²) in [6, 6.07) is 14.5. The third-order valence-electron chi connectivity index (χ3n) is 2.68. The molecule has 1 aromatic heterocycles. The molecule has 2 aromatic rings. The molecule has 0 aliphatic carbocycles. The largest absolute Gasteiger partial charge is 0.469 e. The van der Waals surface area contributed by atoms with Crippen molar-refractivity contribution in [3.05, 3.63) is 60.1 Å². The minimum Gasteiger partial charge on any atom is -0.469 e. The van der Waals surface area contributed by atoms with E-state index < -0.39 is 0 Å². The molecule has 0 amide bonds. The maximum atomic E-state index is 5.47. The third-order valence-corrected chi connectivity index (χ3v) is 2.68. The van der Waals surface area contributed by atoms with E-state index in [1.165, 1.54) is 5.56 Å². The lowest BCUT2D eigenvalue weighted by molar-refractivity contribution is 0.382. The Labute approximate surface area is 90.7 Å². The van der Waals surface area contributed by atoms with Crippen molar-refractivity contribution in [2.45, 2.75) is 25.7 Å². The fourth-order valence-electron chi connectivity index (χ4n) is 1.86. The summed E-state index contributed by atoms with van der Waals surface area (Å²) in [6.45, 7) is 4.41. The zero-order valence-electron chi connectivity index (χ0n) is 9.23. The number of rotatable bonds is 3. The highest BCUT2D eigenvalue weighted by molar-refractivity contribution is 5.21. The Balaban J connectivity index is 2.18. The zero-order chi connectivity index (χ0) is 10.7. The molecule has 78 valence electrons. The van der Waals surface area contributed by atoms with Crippen LogP contribution < -0.4 is 0 Å². The highest BCUT2D eigenvalue weighted by atomic mass is 16.3. The third kappa shape index (κ3) is 2.30. The highest BCUT2D eigenvalue weighted by Gasteiger charge is 2.23. The van der Waals surface area contributed by atoms with Crippen LogP contribution in [0.1, 0.15) is 25.2 Å². The Bertz CT molecular complexity index is 398. The van der Waals surface area contributed by atoms with Crippen molar-refractivity contribution in [2.24, 2.45) is 0 Å². The molecule has 0 aliphatic rings. The second-order valence-corrected chi connectivity index (χ2v) is 4.52. The molecular formula is C14H16O. The first-order valence-electron chi connectivity index (χ1n) is 5.26. The molecule has 0 bridgehead atoms. The van der Waals surface area contributed by atoms with Gasteiger partial charge in [-0.2, -0.15) is 0 Å². The van der Waals surface area contributed by atoms with Crippen LogP contribution in [0.15, 0.2) is 53.1 Å². The topological polar surface area (TPSA) is 13.1 Å². The van der Waals surface area contributed by atoms with Gasteiger partial charge in [-0.15, -0.1) is 0 Å². The zero-order valence-corrected chi connectivity index (χ0v) is 9.23. The van der Waals surface area contributed by atoms with E-state index in [-0.39, 0.29) is 5.41 Å². The lowest BCUT2D eigenvalue weighted by Gasteiger charge is -2.21. The Hall–Kier alpha value is -1.50. The summed E-state index contributed by atoms with van der Waals surface area (Å²) in [4.78, 5) is 0. The first kappa shape index (κ1) is 10.0. The van der Waals surface area contributed by atoms with E-state index in [0.29, 0.717) is 0 Å². The van der Waals surface area contributed by atoms with Crippen molar-refractivity contribution in [2.75, 3.05) is 0 Å². The summed E-state index contributed by atoms with van der Waals surface area (Å²) < 4.78 is 5.47. The number of hydrogen-bond donors (Lipinski definition) is 0. The monoisotopic (exact) mass is 200 g/mol. The molecule has 0 saturated carbocycles. The van der Waals surface area contributed by atoms with Crippen molar-refractivity contribution in [3.63, 3.8) is 0 Å². The van der Waals surface area contributed by atoms with Crippen molar-refractivity contribution in [3.8, 4) is 0 Å². The quantitative estimate of drug-likeness (QED) is 0.734. The average Bonchev–Trinajstić information content (AvgIpc) is 2.71. The van der Waals surface area contributed by atoms with Gasteiger partial charge in [-0.3, -0.25) is 0 Å². The van der Waals surface area contributed by atoms with Crippen molar-refractivity contribution >= 4 is 0 Å². The maximum absolute atomic E-state index is 5.47. The van der Waals surface area contributed by atoms with Gasteiger partial charge in [-0.25, -0.2) is 0 Å². The van der Waals surface area contributed by atoms with Crippen LogP contribution in [-0.4, -0.2) is 0 Å². The molecule has 0 fully saturated rings. The van der Waals surface area contributed by atoms with Gasteiger partial charge in [0.15, 0.2) is 0 Å². The molecular weight excluding hydrogens is 184 g/mol. The summed E-state index contributed by atoms with van der Waals surface area (Å²) >= 11 is 0. The van der Waals surface area contributed by atoms with Gasteiger partial charge in [0.2, 0.25) is 0 Å². The number of furan rings is 1. The fourth-order valence-corrected chi connectivity index (χ4v) is 1.86. The van der Waals surface area contributed by atoms with Crippen LogP contribution in [0, 0.1) is 0 Å². The Kier molecular flexibility index (Phi) is 2.63. The highest BCUT2D eigenvalue weighted by Crippen LogP contribution is 2.27. The lowest BCUT2D eigenvalue weighted by Crippen LogP contribution is -2.19. The summed E-state index contributed by atoms with van der Waals surface area (Å²) in [7, 11) is 0. The van der Waals surface area contributed by atoms with E-state index in [1.54, 1.807) is 6.26 Å². The van der Waals surface area contributed by atoms with Crippen LogP contribution in [0.25, 0.3) is 0 Å². The molecule has 0 spiro atoms. The first-order valence-corrected chi connectivity index (χ1v) is 5.26. The van der Waals surface area contributed by atoms with E-state index in [1.807, 2.05) is 18.2 Å². The van der Waals surface area contributed by atoms with Gasteiger partial charge < -0.3 is 4.42 Å². The molecule has 1 nitrogen and oxygen atoms in total. The van der Waals surface area contributed by atoms with E-state index in [2.05, 4.69) is 38.1 Å². The molecule has 0 N–H and O–H groups in total. The molecule has 1 aromatic carbocycles. The number of benzene rings is 1. The Morgan fingerprint density at radius 2 is 1.73 bits per heavy atom. The van der Waals surface area contributed by atoms with Crippen molar-refractivity contribution in [1.82, 2.24) is 0 Å². The normalized spacial score (nSPS) is 11.6. The minimum atomic E-state index is 0.0604. The maximum Gasteiger partial charge on any atom is 0.109 e. The van der Waals surface area contributed by atoms with Gasteiger partial charge in [0.1, 0.15) is 5.76 Å². The second kappa shape index (κ2) is 3.93. The van der Waals surface area contributed by atoms with Crippen LogP contribution in [0.2, 0.25) is 0 Å². The van der Waals surface area contributed by atoms with Gasteiger partial charge in [0.05, 0.1) is 6.26 Å². The summed E-state index contributed by atoms with van der Waals surface area (Å²) in [5, 5.41) is 0. The minimum absolute atomic E-state index is 0.0604. The smallest absolute Gasteiger partial charge is 0.109 e. The molecule has 2 rings (SSSR count). The van der Waals surface area contributed by atoms with Gasteiger partial charge in [-0.1, -0.05) is 44.2 Å². The standard InChI is InChI=1S/C14H16O/c1-14(2,13-9-6-10-15-13)11-12-7-4-3-5-8-12/h3-10H,11H2,1-2H3. The van der Waals surface area contributed by atoms with Crippen molar-refractivity contribution < 1.29 is 4.42 Å². The van der Waals surface area contributed by atoms with Gasteiger partial charge in [-0.05, 0) is 24.1 Å². The Morgan fingerprint density at radius 3 is 2.33 bits per heavy atom. The molecule has 0 atom stereocenters. The van der Waals surface area contributed by atoms with Crippen LogP contribution >= 0.6 is 0 Å². The van der Waals surface area contributed by atoms with Gasteiger partial charge in [0, 0.05) is 5.41 Å². The van der Waals surface area contributed by atoms with Crippen molar-refractivity contribution in [1.29, 1.82) is 0 Å². The summed E-state index contributed by atoms with van der Waals surface area (Å²) in [6.07, 6.45) is 2.74. The summed E-state index contributed by atoms with van der Waals surface area (Å²) in [5.74, 6) is 1.05. The molecule has 0 radical (unpaired) electrons. The molecule has 0 aliphatic heterocycles.